The topological polar surface area (TPSA) is 86.8 Å². The molecule has 2 amide bonds. The first-order valence-corrected chi connectivity index (χ1v) is 15.1. The lowest BCUT2D eigenvalue weighted by atomic mass is 9.95. The van der Waals surface area contributed by atoms with Crippen LogP contribution < -0.4 is 9.62 Å². The minimum Gasteiger partial charge on any atom is -0.352 e. The summed E-state index contributed by atoms with van der Waals surface area (Å²) in [5, 5.41) is 3.09. The minimum absolute atomic E-state index is 0.0697. The van der Waals surface area contributed by atoms with Gasteiger partial charge >= 0.3 is 0 Å². The highest BCUT2D eigenvalue weighted by atomic mass is 32.2. The molecule has 0 aliphatic heterocycles. The van der Waals surface area contributed by atoms with Gasteiger partial charge in [-0.05, 0) is 68.7 Å². The molecule has 1 N–H and O–H groups in total. The van der Waals surface area contributed by atoms with Crippen molar-refractivity contribution in [1.29, 1.82) is 0 Å². The minimum atomic E-state index is -4.24. The molecule has 0 heterocycles. The predicted molar refractivity (Wildman–Crippen MR) is 154 cm³/mol. The molecular formula is C31H36FN3O4S. The molecule has 7 nitrogen and oxygen atoms in total. The number of amides is 2. The third-order valence-electron chi connectivity index (χ3n) is 7.32. The Bertz CT molecular complexity index is 1390. The van der Waals surface area contributed by atoms with Crippen molar-refractivity contribution in [3.8, 4) is 0 Å². The maximum atomic E-state index is 13.9. The average molecular weight is 566 g/mol. The van der Waals surface area contributed by atoms with E-state index in [-0.39, 0.29) is 23.4 Å². The van der Waals surface area contributed by atoms with E-state index in [1.165, 1.54) is 17.0 Å². The van der Waals surface area contributed by atoms with Crippen molar-refractivity contribution in [3.63, 3.8) is 0 Å². The van der Waals surface area contributed by atoms with E-state index in [0.717, 1.165) is 59.7 Å². The summed E-state index contributed by atoms with van der Waals surface area (Å²) in [5.41, 5.74) is 2.03. The van der Waals surface area contributed by atoms with Gasteiger partial charge in [0.25, 0.3) is 10.0 Å². The maximum Gasteiger partial charge on any atom is 0.264 e. The zero-order chi connectivity index (χ0) is 28.7. The number of halogens is 1. The Labute approximate surface area is 236 Å². The van der Waals surface area contributed by atoms with Crippen LogP contribution in [0.15, 0.2) is 83.8 Å². The highest BCUT2D eigenvalue weighted by Gasteiger charge is 2.33. The molecule has 0 radical (unpaired) electrons. The Morgan fingerprint density at radius 3 is 2.17 bits per heavy atom. The number of anilines is 1. The number of aryl methyl sites for hydroxylation is 1. The fourth-order valence-electron chi connectivity index (χ4n) is 4.91. The van der Waals surface area contributed by atoms with E-state index in [1.807, 2.05) is 37.3 Å². The van der Waals surface area contributed by atoms with Gasteiger partial charge in [-0.1, -0.05) is 67.3 Å². The number of benzene rings is 3. The van der Waals surface area contributed by atoms with Crippen molar-refractivity contribution >= 4 is 27.5 Å². The Kier molecular flexibility index (Phi) is 9.58. The molecule has 0 unspecified atom stereocenters. The first kappa shape index (κ1) is 29.3. The SMILES string of the molecule is Cc1ccc(N(CC(=O)N(Cc2ccccc2)[C@H](C)C(=O)NC2CCCCC2)S(=O)(=O)c2ccc(F)cc2)cc1. The lowest BCUT2D eigenvalue weighted by molar-refractivity contribution is -0.139. The first-order chi connectivity index (χ1) is 19.1. The van der Waals surface area contributed by atoms with Gasteiger partial charge in [-0.25, -0.2) is 12.8 Å². The number of hydrogen-bond acceptors (Lipinski definition) is 4. The van der Waals surface area contributed by atoms with E-state index in [0.29, 0.717) is 5.69 Å². The molecule has 9 heteroatoms. The third-order valence-corrected chi connectivity index (χ3v) is 9.11. The van der Waals surface area contributed by atoms with Crippen LogP contribution in [0.5, 0.6) is 0 Å². The highest BCUT2D eigenvalue weighted by molar-refractivity contribution is 7.92. The second kappa shape index (κ2) is 13.1. The lowest BCUT2D eigenvalue weighted by Crippen LogP contribution is -2.53. The molecule has 1 fully saturated rings. The molecule has 40 heavy (non-hydrogen) atoms. The predicted octanol–water partition coefficient (Wildman–Crippen LogP) is 5.20. The van der Waals surface area contributed by atoms with E-state index < -0.39 is 34.3 Å². The Morgan fingerprint density at radius 2 is 1.55 bits per heavy atom. The van der Waals surface area contributed by atoms with Gasteiger partial charge in [-0.2, -0.15) is 0 Å². The molecule has 4 rings (SSSR count). The highest BCUT2D eigenvalue weighted by Crippen LogP contribution is 2.25. The van der Waals surface area contributed by atoms with Crippen LogP contribution in [-0.2, 0) is 26.2 Å². The van der Waals surface area contributed by atoms with Gasteiger partial charge in [0.1, 0.15) is 18.4 Å². The van der Waals surface area contributed by atoms with Crippen LogP contribution in [0.1, 0.15) is 50.2 Å². The van der Waals surface area contributed by atoms with E-state index in [4.69, 9.17) is 0 Å². The standard InChI is InChI=1S/C31H36FN3O4S/c1-23-13-17-28(18-14-23)35(40(38,39)29-19-15-26(32)16-20-29)22-30(36)34(21-25-9-5-3-6-10-25)24(2)31(37)33-27-11-7-4-8-12-27/h3,5-6,9-10,13-20,24,27H,4,7-8,11-12,21-22H2,1-2H3,(H,33,37)/t24-/m1/s1. The van der Waals surface area contributed by atoms with Crippen molar-refractivity contribution < 1.29 is 22.4 Å². The molecule has 3 aromatic carbocycles. The summed E-state index contributed by atoms with van der Waals surface area (Å²) in [6.07, 6.45) is 5.07. The second-order valence-corrected chi connectivity index (χ2v) is 12.2. The molecular weight excluding hydrogens is 529 g/mol. The van der Waals surface area contributed by atoms with E-state index in [1.54, 1.807) is 31.2 Å². The second-order valence-electron chi connectivity index (χ2n) is 10.3. The van der Waals surface area contributed by atoms with Crippen LogP contribution in [-0.4, -0.2) is 43.8 Å². The van der Waals surface area contributed by atoms with Crippen molar-refractivity contribution in [1.82, 2.24) is 10.2 Å². The summed E-state index contributed by atoms with van der Waals surface area (Å²) < 4.78 is 42.1. The summed E-state index contributed by atoms with van der Waals surface area (Å²) >= 11 is 0. The van der Waals surface area contributed by atoms with Crippen LogP contribution >= 0.6 is 0 Å². The van der Waals surface area contributed by atoms with Crippen LogP contribution in [0.25, 0.3) is 0 Å². The van der Waals surface area contributed by atoms with E-state index in [9.17, 15) is 22.4 Å². The average Bonchev–Trinajstić information content (AvgIpc) is 2.96. The molecule has 1 aliphatic rings. The quantitative estimate of drug-likeness (QED) is 0.366. The molecule has 0 bridgehead atoms. The van der Waals surface area contributed by atoms with Crippen molar-refractivity contribution in [2.45, 2.75) is 69.5 Å². The normalized spacial score (nSPS) is 14.8. The fraction of sp³-hybridized carbons (Fsp3) is 0.355. The van der Waals surface area contributed by atoms with Gasteiger partial charge in [0, 0.05) is 12.6 Å². The maximum absolute atomic E-state index is 13.9. The van der Waals surface area contributed by atoms with Crippen LogP contribution in [0, 0.1) is 12.7 Å². The Hall–Kier alpha value is -3.72. The van der Waals surface area contributed by atoms with Gasteiger partial charge in [0.2, 0.25) is 11.8 Å². The van der Waals surface area contributed by atoms with Crippen LogP contribution in [0.4, 0.5) is 10.1 Å². The molecule has 3 aromatic rings. The number of carbonyl (C=O) groups excluding carboxylic acids is 2. The van der Waals surface area contributed by atoms with Gasteiger partial charge in [-0.3, -0.25) is 13.9 Å². The number of rotatable bonds is 10. The summed E-state index contributed by atoms with van der Waals surface area (Å²) in [7, 11) is -4.24. The summed E-state index contributed by atoms with van der Waals surface area (Å²) in [5.74, 6) is -1.36. The zero-order valence-corrected chi connectivity index (χ0v) is 23.7. The van der Waals surface area contributed by atoms with Crippen molar-refractivity contribution in [2.75, 3.05) is 10.8 Å². The fourth-order valence-corrected chi connectivity index (χ4v) is 6.32. The van der Waals surface area contributed by atoms with Gasteiger partial charge in [-0.15, -0.1) is 0 Å². The van der Waals surface area contributed by atoms with Gasteiger partial charge in [0.15, 0.2) is 0 Å². The van der Waals surface area contributed by atoms with Gasteiger partial charge in [0.05, 0.1) is 10.6 Å². The Morgan fingerprint density at radius 1 is 0.925 bits per heavy atom. The molecule has 1 atom stereocenters. The van der Waals surface area contributed by atoms with Crippen molar-refractivity contribution in [2.24, 2.45) is 0 Å². The number of nitrogens with zero attached hydrogens (tertiary/aromatic N) is 2. The Balaban J connectivity index is 1.65. The van der Waals surface area contributed by atoms with Crippen LogP contribution in [0.2, 0.25) is 0 Å². The zero-order valence-electron chi connectivity index (χ0n) is 22.9. The molecule has 0 spiro atoms. The number of hydrogen-bond donors (Lipinski definition) is 1. The van der Waals surface area contributed by atoms with Gasteiger partial charge < -0.3 is 10.2 Å². The van der Waals surface area contributed by atoms with E-state index >= 15 is 0 Å². The third kappa shape index (κ3) is 7.27. The molecule has 1 aliphatic carbocycles. The number of sulfonamides is 1. The molecule has 0 saturated heterocycles. The molecule has 1 saturated carbocycles. The first-order valence-electron chi connectivity index (χ1n) is 13.6. The largest absolute Gasteiger partial charge is 0.352 e. The smallest absolute Gasteiger partial charge is 0.264 e. The monoisotopic (exact) mass is 565 g/mol. The number of carbonyl (C=O) groups is 2. The molecule has 0 aromatic heterocycles. The van der Waals surface area contributed by atoms with Crippen LogP contribution in [0.3, 0.4) is 0 Å². The number of nitrogens with one attached hydrogen (secondary N) is 1. The lowest BCUT2D eigenvalue weighted by Gasteiger charge is -2.33. The summed E-state index contributed by atoms with van der Waals surface area (Å²) in [4.78, 5) is 28.6. The summed E-state index contributed by atoms with van der Waals surface area (Å²) in [6, 6.07) is 19.8. The van der Waals surface area contributed by atoms with E-state index in [2.05, 4.69) is 5.32 Å². The van der Waals surface area contributed by atoms with Crippen molar-refractivity contribution in [3.05, 3.63) is 95.8 Å². The summed E-state index contributed by atoms with van der Waals surface area (Å²) in [6.45, 7) is 3.15. The molecule has 212 valence electrons.